The number of carbonyl (C=O) groups excluding carboxylic acids is 2. The van der Waals surface area contributed by atoms with Gasteiger partial charge in [-0.3, -0.25) is 9.59 Å². The van der Waals surface area contributed by atoms with E-state index in [0.29, 0.717) is 87.3 Å². The Labute approximate surface area is 232 Å². The van der Waals surface area contributed by atoms with Gasteiger partial charge in [0.25, 0.3) is 0 Å². The molecule has 0 saturated carbocycles. The minimum atomic E-state index is -0.305. The zero-order valence-electron chi connectivity index (χ0n) is 22.4. The van der Waals surface area contributed by atoms with Crippen LogP contribution in [0.1, 0.15) is 44.6 Å². The van der Waals surface area contributed by atoms with Crippen molar-refractivity contribution in [2.75, 3.05) is 0 Å². The standard InChI is InChI=1S/C34H28O6/c1-3-25-29-15-13-21(39-29)7-5-19-9-11-23(37-19)17-27-28-18-24-12-10-20(38-24)6-8-22-14-16-30(40-22)26(4-2)32(34(28)36)31(25)33(27)35/h5-11,13-16,18,21-22H,3-4,12,17H2,1-2H3. The number of rotatable bonds is 2. The topological polar surface area (TPSA) is 75.0 Å². The monoisotopic (exact) mass is 532 g/mol. The lowest BCUT2D eigenvalue weighted by molar-refractivity contribution is -0.116. The zero-order valence-corrected chi connectivity index (χ0v) is 22.4. The second kappa shape index (κ2) is 9.56. The van der Waals surface area contributed by atoms with Gasteiger partial charge in [-0.15, -0.1) is 0 Å². The predicted octanol–water partition coefficient (Wildman–Crippen LogP) is 6.59. The van der Waals surface area contributed by atoms with E-state index in [1.54, 1.807) is 6.08 Å². The van der Waals surface area contributed by atoms with E-state index < -0.39 is 0 Å². The Hall–Kier alpha value is -4.58. The summed E-state index contributed by atoms with van der Waals surface area (Å²) < 4.78 is 24.7. The van der Waals surface area contributed by atoms with Crippen LogP contribution in [0.3, 0.4) is 0 Å². The maximum atomic E-state index is 14.7. The van der Waals surface area contributed by atoms with Gasteiger partial charge < -0.3 is 18.6 Å². The molecule has 1 aromatic heterocycles. The van der Waals surface area contributed by atoms with E-state index in [1.165, 1.54) is 0 Å². The second-order valence-electron chi connectivity index (χ2n) is 10.3. The molecule has 0 N–H and O–H groups in total. The zero-order chi connectivity index (χ0) is 27.4. The van der Waals surface area contributed by atoms with E-state index in [0.717, 1.165) is 0 Å². The van der Waals surface area contributed by atoms with Gasteiger partial charge in [0.15, 0.2) is 11.6 Å². The highest BCUT2D eigenvalue weighted by Crippen LogP contribution is 2.42. The van der Waals surface area contributed by atoms with Gasteiger partial charge in [0.1, 0.15) is 46.8 Å². The number of hydrogen-bond acceptors (Lipinski definition) is 6. The summed E-state index contributed by atoms with van der Waals surface area (Å²) in [6, 6.07) is 3.71. The third-order valence-corrected chi connectivity index (χ3v) is 7.85. The smallest absolute Gasteiger partial charge is 0.194 e. The first kappa shape index (κ1) is 24.5. The van der Waals surface area contributed by atoms with Crippen LogP contribution in [0.4, 0.5) is 0 Å². The van der Waals surface area contributed by atoms with Crippen LogP contribution in [-0.2, 0) is 30.2 Å². The Balaban J connectivity index is 1.55. The van der Waals surface area contributed by atoms with Gasteiger partial charge in [-0.2, -0.15) is 0 Å². The van der Waals surface area contributed by atoms with Gasteiger partial charge in [-0.1, -0.05) is 13.8 Å². The van der Waals surface area contributed by atoms with Crippen LogP contribution in [0.15, 0.2) is 128 Å². The number of Topliss-reactive ketones (excluding diaryl/α,β-unsaturated/α-hetero) is 2. The molecule has 12 bridgehead atoms. The van der Waals surface area contributed by atoms with Crippen molar-refractivity contribution in [3.8, 4) is 0 Å². The van der Waals surface area contributed by atoms with Crippen LogP contribution in [0, 0.1) is 0 Å². The Kier molecular flexibility index (Phi) is 5.84. The summed E-state index contributed by atoms with van der Waals surface area (Å²) in [5.74, 6) is 3.31. The lowest BCUT2D eigenvalue weighted by Crippen LogP contribution is -2.28. The van der Waals surface area contributed by atoms with Crippen molar-refractivity contribution in [2.24, 2.45) is 0 Å². The molecule has 5 aliphatic heterocycles. The fourth-order valence-corrected chi connectivity index (χ4v) is 5.91. The highest BCUT2D eigenvalue weighted by Gasteiger charge is 2.39. The van der Waals surface area contributed by atoms with Gasteiger partial charge in [0.2, 0.25) is 0 Å². The molecule has 0 fully saturated rings. The minimum Gasteiger partial charge on any atom is -0.482 e. The molecule has 1 aliphatic carbocycles. The molecule has 6 aliphatic rings. The highest BCUT2D eigenvalue weighted by molar-refractivity contribution is 6.29. The highest BCUT2D eigenvalue weighted by atomic mass is 16.5. The van der Waals surface area contributed by atoms with Crippen LogP contribution in [-0.4, -0.2) is 23.8 Å². The van der Waals surface area contributed by atoms with Crippen molar-refractivity contribution in [3.05, 3.63) is 135 Å². The summed E-state index contributed by atoms with van der Waals surface area (Å²) in [6.07, 6.45) is 20.1. The van der Waals surface area contributed by atoms with Crippen LogP contribution in [0.2, 0.25) is 0 Å². The predicted molar refractivity (Wildman–Crippen MR) is 149 cm³/mol. The van der Waals surface area contributed by atoms with Crippen molar-refractivity contribution >= 4 is 17.6 Å². The van der Waals surface area contributed by atoms with Gasteiger partial charge in [0, 0.05) is 46.3 Å². The molecule has 2 unspecified atom stereocenters. The molecule has 6 nitrogen and oxygen atoms in total. The minimum absolute atomic E-state index is 0.178. The fourth-order valence-electron chi connectivity index (χ4n) is 5.91. The average molecular weight is 533 g/mol. The van der Waals surface area contributed by atoms with Gasteiger partial charge in [-0.05, 0) is 85.7 Å². The van der Waals surface area contributed by atoms with Crippen LogP contribution < -0.4 is 0 Å². The molecule has 2 atom stereocenters. The second-order valence-corrected chi connectivity index (χ2v) is 10.3. The summed E-state index contributed by atoms with van der Waals surface area (Å²) in [7, 11) is 0. The van der Waals surface area contributed by atoms with Gasteiger partial charge >= 0.3 is 0 Å². The molecule has 0 aromatic carbocycles. The number of hydrogen-bond donors (Lipinski definition) is 0. The molecular weight excluding hydrogens is 504 g/mol. The average Bonchev–Trinajstić information content (AvgIpc) is 3.76. The molecule has 0 radical (unpaired) electrons. The van der Waals surface area contributed by atoms with Gasteiger partial charge in [-0.25, -0.2) is 0 Å². The van der Waals surface area contributed by atoms with Crippen molar-refractivity contribution in [3.63, 3.8) is 0 Å². The van der Waals surface area contributed by atoms with E-state index in [1.807, 2.05) is 80.7 Å². The normalized spacial score (nSPS) is 24.9. The molecule has 0 amide bonds. The number of fused-ring (bicyclic) bond motifs is 12. The number of furan rings is 1. The first-order valence-corrected chi connectivity index (χ1v) is 13.8. The molecule has 7 rings (SSSR count). The largest absolute Gasteiger partial charge is 0.482 e. The molecular formula is C34H28O6. The van der Waals surface area contributed by atoms with E-state index >= 15 is 0 Å². The van der Waals surface area contributed by atoms with Crippen molar-refractivity contribution in [1.82, 2.24) is 0 Å². The fraction of sp³-hybridized carbons (Fsp3) is 0.235. The number of allylic oxidation sites excluding steroid dienone is 11. The summed E-state index contributed by atoms with van der Waals surface area (Å²) in [5, 5.41) is 0. The summed E-state index contributed by atoms with van der Waals surface area (Å²) >= 11 is 0. The molecule has 6 heterocycles. The van der Waals surface area contributed by atoms with Crippen LogP contribution >= 0.6 is 0 Å². The van der Waals surface area contributed by atoms with Crippen molar-refractivity contribution in [2.45, 2.75) is 51.7 Å². The molecule has 6 heteroatoms. The SMILES string of the molecule is CCC1=C2C=CC(C=CC3=CCC(=CC4=C5Cc6ccc(o6)C=CC6C=CC(=C(CC)C(=C1C4=O)C5=O)O6)O3)O2. The van der Waals surface area contributed by atoms with E-state index in [2.05, 4.69) is 0 Å². The van der Waals surface area contributed by atoms with E-state index in [9.17, 15) is 9.59 Å². The third kappa shape index (κ3) is 4.02. The lowest BCUT2D eigenvalue weighted by Gasteiger charge is -2.26. The van der Waals surface area contributed by atoms with Crippen molar-refractivity contribution < 1.29 is 28.2 Å². The van der Waals surface area contributed by atoms with Crippen LogP contribution in [0.25, 0.3) is 6.08 Å². The lowest BCUT2D eigenvalue weighted by atomic mass is 9.75. The maximum Gasteiger partial charge on any atom is 0.194 e. The first-order chi connectivity index (χ1) is 19.5. The number of ketones is 2. The third-order valence-electron chi connectivity index (χ3n) is 7.85. The Morgan fingerprint density at radius 2 is 1.45 bits per heavy atom. The van der Waals surface area contributed by atoms with Crippen molar-refractivity contribution in [1.29, 1.82) is 0 Å². The molecule has 0 saturated heterocycles. The quantitative estimate of drug-likeness (QED) is 0.400. The van der Waals surface area contributed by atoms with Crippen LogP contribution in [0.5, 0.6) is 0 Å². The molecule has 40 heavy (non-hydrogen) atoms. The maximum absolute atomic E-state index is 14.7. The van der Waals surface area contributed by atoms with E-state index in [4.69, 9.17) is 18.6 Å². The summed E-state index contributed by atoms with van der Waals surface area (Å²) in [6.45, 7) is 3.96. The summed E-state index contributed by atoms with van der Waals surface area (Å²) in [5.41, 5.74) is 2.86. The van der Waals surface area contributed by atoms with E-state index in [-0.39, 0.29) is 30.2 Å². The van der Waals surface area contributed by atoms with Gasteiger partial charge in [0.05, 0.1) is 0 Å². The molecule has 1 aromatic rings. The number of carbonyl (C=O) groups is 2. The Morgan fingerprint density at radius 1 is 0.800 bits per heavy atom. The Bertz CT molecular complexity index is 1670. The Morgan fingerprint density at radius 3 is 2.15 bits per heavy atom. The molecule has 200 valence electrons. The molecule has 0 spiro atoms. The summed E-state index contributed by atoms with van der Waals surface area (Å²) in [4.78, 5) is 29.4. The first-order valence-electron chi connectivity index (χ1n) is 13.8. The number of ether oxygens (including phenoxy) is 3.